The first kappa shape index (κ1) is 22.0. The van der Waals surface area contributed by atoms with Crippen molar-refractivity contribution >= 4 is 40.0 Å². The summed E-state index contributed by atoms with van der Waals surface area (Å²) >= 11 is 0. The zero-order valence-corrected chi connectivity index (χ0v) is 19.6. The molecule has 0 unspecified atom stereocenters. The van der Waals surface area contributed by atoms with E-state index >= 15 is 0 Å². The van der Waals surface area contributed by atoms with Crippen molar-refractivity contribution in [3.63, 3.8) is 0 Å². The Morgan fingerprint density at radius 3 is 2.56 bits per heavy atom. The molecule has 6 rings (SSSR count). The lowest BCUT2D eigenvalue weighted by Crippen LogP contribution is -2.28. The Labute approximate surface area is 206 Å². The minimum atomic E-state index is -0.475. The zero-order valence-electron chi connectivity index (χ0n) is 19.6. The molecule has 2 aromatic heterocycles. The summed E-state index contributed by atoms with van der Waals surface area (Å²) in [5.41, 5.74) is 8.99. The number of carbonyl (C=O) groups is 2. The molecule has 0 spiro atoms. The summed E-state index contributed by atoms with van der Waals surface area (Å²) in [4.78, 5) is 30.4. The van der Waals surface area contributed by atoms with Gasteiger partial charge in [-0.05, 0) is 72.5 Å². The average Bonchev–Trinajstić information content (AvgIpc) is 3.71. The molecular formula is C24H25N9O3. The fraction of sp³-hybridized carbons (Fsp3) is 0.333. The second-order valence-electron chi connectivity index (χ2n) is 9.04. The van der Waals surface area contributed by atoms with Crippen LogP contribution in [0.1, 0.15) is 46.7 Å². The first-order valence-electron chi connectivity index (χ1n) is 12.0. The SMILES string of the molecule is Nc1noc2ccc(-n3nnnc3C(=O)Nc3ccc(C(=O)N4CCCC4)cc3N3CCCC3)cc12. The highest BCUT2D eigenvalue weighted by molar-refractivity contribution is 6.05. The van der Waals surface area contributed by atoms with Crippen LogP contribution in [0.5, 0.6) is 0 Å². The Balaban J connectivity index is 1.30. The highest BCUT2D eigenvalue weighted by atomic mass is 16.5. The lowest BCUT2D eigenvalue weighted by Gasteiger charge is -2.23. The highest BCUT2D eigenvalue weighted by Gasteiger charge is 2.25. The Kier molecular flexibility index (Phi) is 5.47. The van der Waals surface area contributed by atoms with Crippen LogP contribution in [-0.4, -0.2) is 68.3 Å². The van der Waals surface area contributed by atoms with Crippen molar-refractivity contribution in [2.45, 2.75) is 25.7 Å². The Bertz CT molecular complexity index is 1450. The third-order valence-electron chi connectivity index (χ3n) is 6.73. The molecular weight excluding hydrogens is 462 g/mol. The number of nitrogens with zero attached hydrogens (tertiary/aromatic N) is 7. The molecule has 4 aromatic rings. The molecule has 2 aromatic carbocycles. The van der Waals surface area contributed by atoms with Crippen LogP contribution in [0.4, 0.5) is 17.2 Å². The second kappa shape index (κ2) is 8.95. The van der Waals surface area contributed by atoms with Gasteiger partial charge in [-0.15, -0.1) is 5.10 Å². The predicted octanol–water partition coefficient (Wildman–Crippen LogP) is 2.47. The van der Waals surface area contributed by atoms with Crippen LogP contribution in [0.25, 0.3) is 16.7 Å². The fourth-order valence-electron chi connectivity index (χ4n) is 4.85. The van der Waals surface area contributed by atoms with Gasteiger partial charge in [0.05, 0.1) is 22.4 Å². The number of anilines is 3. The standard InChI is InChI=1S/C24H25N9O3/c25-21-17-14-16(6-8-20(17)36-28-21)33-22(27-29-30-33)23(34)26-18-7-5-15(24(35)32-11-3-4-12-32)13-19(18)31-9-1-2-10-31/h5-8,13-14H,1-4,9-12H2,(H2,25,28)(H,26,34). The van der Waals surface area contributed by atoms with Crippen LogP contribution in [0.15, 0.2) is 40.9 Å². The largest absolute Gasteiger partial charge is 0.380 e. The zero-order chi connectivity index (χ0) is 24.6. The van der Waals surface area contributed by atoms with Crippen molar-refractivity contribution in [2.75, 3.05) is 42.1 Å². The molecule has 0 aliphatic carbocycles. The molecule has 2 saturated heterocycles. The van der Waals surface area contributed by atoms with Gasteiger partial charge >= 0.3 is 0 Å². The molecule has 2 aliphatic heterocycles. The van der Waals surface area contributed by atoms with Crippen LogP contribution in [-0.2, 0) is 0 Å². The van der Waals surface area contributed by atoms with E-state index in [0.29, 0.717) is 27.9 Å². The molecule has 12 nitrogen and oxygen atoms in total. The van der Waals surface area contributed by atoms with Gasteiger partial charge in [0.1, 0.15) is 0 Å². The van der Waals surface area contributed by atoms with Crippen molar-refractivity contribution in [2.24, 2.45) is 0 Å². The van der Waals surface area contributed by atoms with E-state index in [1.54, 1.807) is 30.3 Å². The van der Waals surface area contributed by atoms with Gasteiger partial charge in [-0.1, -0.05) is 5.16 Å². The number of hydrogen-bond donors (Lipinski definition) is 2. The van der Waals surface area contributed by atoms with Crippen LogP contribution in [0.2, 0.25) is 0 Å². The molecule has 12 heteroatoms. The molecule has 2 fully saturated rings. The number of benzene rings is 2. The Morgan fingerprint density at radius 1 is 0.972 bits per heavy atom. The number of rotatable bonds is 5. The Morgan fingerprint density at radius 2 is 1.75 bits per heavy atom. The maximum Gasteiger partial charge on any atom is 0.295 e. The van der Waals surface area contributed by atoms with Gasteiger partial charge in [0.2, 0.25) is 5.82 Å². The number of aromatic nitrogens is 5. The van der Waals surface area contributed by atoms with Gasteiger partial charge in [0, 0.05) is 31.7 Å². The number of nitrogens with one attached hydrogen (secondary N) is 1. The van der Waals surface area contributed by atoms with E-state index < -0.39 is 5.91 Å². The summed E-state index contributed by atoms with van der Waals surface area (Å²) in [6, 6.07) is 10.6. The van der Waals surface area contributed by atoms with Crippen molar-refractivity contribution in [1.29, 1.82) is 0 Å². The van der Waals surface area contributed by atoms with Crippen LogP contribution in [0.3, 0.4) is 0 Å². The normalized spacial score (nSPS) is 15.7. The summed E-state index contributed by atoms with van der Waals surface area (Å²) in [6.07, 6.45) is 4.18. The van der Waals surface area contributed by atoms with Crippen LogP contribution >= 0.6 is 0 Å². The monoisotopic (exact) mass is 487 g/mol. The molecule has 2 amide bonds. The average molecular weight is 488 g/mol. The number of hydrogen-bond acceptors (Lipinski definition) is 9. The first-order valence-corrected chi connectivity index (χ1v) is 12.0. The molecule has 3 N–H and O–H groups in total. The van der Waals surface area contributed by atoms with Crippen molar-refractivity contribution < 1.29 is 14.1 Å². The maximum atomic E-state index is 13.3. The number of nitrogens with two attached hydrogens (primary N) is 1. The van der Waals surface area contributed by atoms with Gasteiger partial charge in [-0.25, -0.2) is 0 Å². The molecule has 0 bridgehead atoms. The minimum Gasteiger partial charge on any atom is -0.380 e. The summed E-state index contributed by atoms with van der Waals surface area (Å²) in [6.45, 7) is 3.29. The van der Waals surface area contributed by atoms with E-state index in [1.165, 1.54) is 4.68 Å². The van der Waals surface area contributed by atoms with Crippen molar-refractivity contribution in [3.05, 3.63) is 47.8 Å². The van der Waals surface area contributed by atoms with Crippen molar-refractivity contribution in [1.82, 2.24) is 30.3 Å². The Hall–Kier alpha value is -4.48. The summed E-state index contributed by atoms with van der Waals surface area (Å²) < 4.78 is 6.49. The number of nitrogen functional groups attached to an aromatic ring is 1. The third kappa shape index (κ3) is 3.89. The maximum absolute atomic E-state index is 13.3. The van der Waals surface area contributed by atoms with Gasteiger partial charge in [-0.3, -0.25) is 9.59 Å². The minimum absolute atomic E-state index is 0.00830. The number of fused-ring (bicyclic) bond motifs is 1. The van der Waals surface area contributed by atoms with E-state index in [0.717, 1.165) is 57.5 Å². The van der Waals surface area contributed by atoms with Crippen LogP contribution < -0.4 is 16.0 Å². The van der Waals surface area contributed by atoms with E-state index in [1.807, 2.05) is 11.0 Å². The first-order chi connectivity index (χ1) is 17.6. The molecule has 4 heterocycles. The smallest absolute Gasteiger partial charge is 0.295 e. The summed E-state index contributed by atoms with van der Waals surface area (Å²) in [5, 5.41) is 19.0. The topological polar surface area (TPSA) is 148 Å². The van der Waals surface area contributed by atoms with E-state index in [9.17, 15) is 9.59 Å². The van der Waals surface area contributed by atoms with Crippen LogP contribution in [0, 0.1) is 0 Å². The number of amides is 2. The molecule has 184 valence electrons. The van der Waals surface area contributed by atoms with Gasteiger partial charge in [0.15, 0.2) is 11.4 Å². The third-order valence-corrected chi connectivity index (χ3v) is 6.73. The molecule has 0 saturated carbocycles. The quantitative estimate of drug-likeness (QED) is 0.433. The van der Waals surface area contributed by atoms with E-state index in [4.69, 9.17) is 10.3 Å². The molecule has 2 aliphatic rings. The van der Waals surface area contributed by atoms with Gasteiger partial charge < -0.3 is 25.4 Å². The number of likely N-dealkylation sites (tertiary alicyclic amines) is 1. The van der Waals surface area contributed by atoms with Gasteiger partial charge in [-0.2, -0.15) is 4.68 Å². The number of carbonyl (C=O) groups excluding carboxylic acids is 2. The van der Waals surface area contributed by atoms with E-state index in [2.05, 4.69) is 30.9 Å². The second-order valence-corrected chi connectivity index (χ2v) is 9.04. The van der Waals surface area contributed by atoms with E-state index in [-0.39, 0.29) is 17.5 Å². The van der Waals surface area contributed by atoms with Crippen molar-refractivity contribution in [3.8, 4) is 5.69 Å². The lowest BCUT2D eigenvalue weighted by molar-refractivity contribution is 0.0792. The molecule has 0 atom stereocenters. The summed E-state index contributed by atoms with van der Waals surface area (Å²) in [7, 11) is 0. The highest BCUT2D eigenvalue weighted by Crippen LogP contribution is 2.32. The lowest BCUT2D eigenvalue weighted by atomic mass is 10.1. The summed E-state index contributed by atoms with van der Waals surface area (Å²) in [5.74, 6) is -0.200. The number of tetrazole rings is 1. The predicted molar refractivity (Wildman–Crippen MR) is 132 cm³/mol. The molecule has 36 heavy (non-hydrogen) atoms. The fourth-order valence-corrected chi connectivity index (χ4v) is 4.85. The molecule has 0 radical (unpaired) electrons. The van der Waals surface area contributed by atoms with Gasteiger partial charge in [0.25, 0.3) is 11.8 Å².